The average molecular weight is 686 g/mol. The molecule has 4 N–H and O–H groups in total. The molecule has 0 aliphatic carbocycles. The number of esters is 1. The van der Waals surface area contributed by atoms with Crippen molar-refractivity contribution < 1.29 is 19.1 Å². The molecule has 2 amide bonds. The summed E-state index contributed by atoms with van der Waals surface area (Å²) < 4.78 is 6.88. The zero-order valence-electron chi connectivity index (χ0n) is 27.1. The minimum atomic E-state index is -0.626. The average Bonchev–Trinajstić information content (AvgIpc) is 3.55. The molecular formula is C35H36ClN7O4S. The van der Waals surface area contributed by atoms with Crippen LogP contribution in [0.15, 0.2) is 47.5 Å². The maximum Gasteiger partial charge on any atom is 0.339 e. The molecule has 48 heavy (non-hydrogen) atoms. The van der Waals surface area contributed by atoms with Gasteiger partial charge in [-0.05, 0) is 69.6 Å². The number of hydrogen-bond acceptors (Lipinski definition) is 9. The summed E-state index contributed by atoms with van der Waals surface area (Å²) in [6.07, 6.45) is 1.36. The van der Waals surface area contributed by atoms with E-state index in [9.17, 15) is 14.4 Å². The van der Waals surface area contributed by atoms with Crippen molar-refractivity contribution in [1.29, 1.82) is 0 Å². The van der Waals surface area contributed by atoms with Crippen molar-refractivity contribution in [3.8, 4) is 16.8 Å². The normalized spacial score (nSPS) is 13.3. The Bertz CT molecular complexity index is 1950. The highest BCUT2D eigenvalue weighted by Gasteiger charge is 2.32. The first kappa shape index (κ1) is 34.5. The number of unbranched alkanes of at least 4 members (excludes halogenated alkanes) is 1. The van der Waals surface area contributed by atoms with E-state index in [2.05, 4.69) is 46.5 Å². The van der Waals surface area contributed by atoms with E-state index in [1.807, 2.05) is 35.8 Å². The van der Waals surface area contributed by atoms with Gasteiger partial charge in [0.15, 0.2) is 5.82 Å². The molecule has 0 unspecified atom stereocenters. The first-order chi connectivity index (χ1) is 23.1. The molecule has 4 aromatic rings. The summed E-state index contributed by atoms with van der Waals surface area (Å²) in [5.41, 5.74) is 10.4. The van der Waals surface area contributed by atoms with Crippen LogP contribution in [-0.4, -0.2) is 58.5 Å². The van der Waals surface area contributed by atoms with E-state index in [1.54, 1.807) is 23.5 Å². The van der Waals surface area contributed by atoms with Crippen LogP contribution in [0, 0.1) is 32.6 Å². The van der Waals surface area contributed by atoms with E-state index < -0.39 is 12.0 Å². The SMILES string of the molecule is COC(=O)c1cc(NC(=O)CCNC(=O)C[C@@H]2N=C(c3ccc(Cl)cc3)c3c(sc(C)c3C)-n3c(C)nnc32)ccc1C#CCCCN. The fraction of sp³-hybridized carbons (Fsp3) is 0.314. The molecule has 1 aliphatic rings. The number of nitrogens with two attached hydrogens (primary N) is 1. The maximum absolute atomic E-state index is 13.3. The third-order valence-electron chi connectivity index (χ3n) is 7.85. The van der Waals surface area contributed by atoms with Gasteiger partial charge in [0.05, 0.1) is 24.8 Å². The number of anilines is 1. The molecule has 0 saturated heterocycles. The summed E-state index contributed by atoms with van der Waals surface area (Å²) >= 11 is 7.83. The molecular weight excluding hydrogens is 650 g/mol. The van der Waals surface area contributed by atoms with Crippen molar-refractivity contribution in [2.45, 2.75) is 52.5 Å². The number of aromatic nitrogens is 3. The molecule has 0 radical (unpaired) electrons. The second kappa shape index (κ2) is 15.4. The number of hydrogen-bond donors (Lipinski definition) is 3. The van der Waals surface area contributed by atoms with Crippen LogP contribution in [0.25, 0.3) is 5.00 Å². The van der Waals surface area contributed by atoms with E-state index in [4.69, 9.17) is 27.1 Å². The van der Waals surface area contributed by atoms with E-state index in [0.29, 0.717) is 40.9 Å². The molecule has 13 heteroatoms. The Balaban J connectivity index is 1.28. The lowest BCUT2D eigenvalue weighted by atomic mass is 9.99. The van der Waals surface area contributed by atoms with Crippen LogP contribution in [0.2, 0.25) is 5.02 Å². The monoisotopic (exact) mass is 685 g/mol. The molecule has 0 spiro atoms. The van der Waals surface area contributed by atoms with Crippen molar-refractivity contribution in [3.05, 3.63) is 91.8 Å². The molecule has 0 bridgehead atoms. The van der Waals surface area contributed by atoms with Crippen molar-refractivity contribution in [1.82, 2.24) is 20.1 Å². The lowest BCUT2D eigenvalue weighted by molar-refractivity contribution is -0.121. The Morgan fingerprint density at radius 2 is 1.85 bits per heavy atom. The summed E-state index contributed by atoms with van der Waals surface area (Å²) in [6, 6.07) is 11.7. The molecule has 3 heterocycles. The molecule has 0 fully saturated rings. The van der Waals surface area contributed by atoms with Gasteiger partial charge in [0.2, 0.25) is 11.8 Å². The fourth-order valence-electron chi connectivity index (χ4n) is 5.28. The van der Waals surface area contributed by atoms with Crippen LogP contribution in [0.3, 0.4) is 0 Å². The van der Waals surface area contributed by atoms with E-state index in [-0.39, 0.29) is 36.8 Å². The number of thiophene rings is 1. The Hall–Kier alpha value is -4.83. The Labute approximate surface area is 288 Å². The third kappa shape index (κ3) is 7.65. The van der Waals surface area contributed by atoms with Crippen molar-refractivity contribution in [2.24, 2.45) is 10.7 Å². The molecule has 11 nitrogen and oxygen atoms in total. The van der Waals surface area contributed by atoms with Crippen molar-refractivity contribution in [3.63, 3.8) is 0 Å². The van der Waals surface area contributed by atoms with Crippen LogP contribution in [-0.2, 0) is 14.3 Å². The number of fused-ring (bicyclic) bond motifs is 3. The number of halogens is 1. The van der Waals surface area contributed by atoms with Gasteiger partial charge in [-0.1, -0.05) is 35.6 Å². The van der Waals surface area contributed by atoms with Crippen LogP contribution in [0.5, 0.6) is 0 Å². The highest BCUT2D eigenvalue weighted by atomic mass is 35.5. The molecule has 5 rings (SSSR count). The summed E-state index contributed by atoms with van der Waals surface area (Å²) in [5.74, 6) is 6.04. The molecule has 2 aromatic carbocycles. The van der Waals surface area contributed by atoms with Gasteiger partial charge in [-0.3, -0.25) is 19.1 Å². The minimum Gasteiger partial charge on any atom is -0.465 e. The second-order valence-corrected chi connectivity index (χ2v) is 12.8. The van der Waals surface area contributed by atoms with E-state index in [1.165, 1.54) is 13.2 Å². The molecule has 2 aromatic heterocycles. The summed E-state index contributed by atoms with van der Waals surface area (Å²) in [7, 11) is 1.28. The van der Waals surface area contributed by atoms with Gasteiger partial charge < -0.3 is 21.1 Å². The number of benzene rings is 2. The van der Waals surface area contributed by atoms with Crippen LogP contribution >= 0.6 is 22.9 Å². The minimum absolute atomic E-state index is 0.0000794. The zero-order valence-corrected chi connectivity index (χ0v) is 28.7. The first-order valence-corrected chi connectivity index (χ1v) is 16.6. The molecule has 248 valence electrons. The number of carbonyl (C=O) groups is 3. The second-order valence-electron chi connectivity index (χ2n) is 11.2. The van der Waals surface area contributed by atoms with Gasteiger partial charge in [-0.2, -0.15) is 0 Å². The van der Waals surface area contributed by atoms with Crippen molar-refractivity contribution in [2.75, 3.05) is 25.5 Å². The largest absolute Gasteiger partial charge is 0.465 e. The smallest absolute Gasteiger partial charge is 0.339 e. The zero-order chi connectivity index (χ0) is 34.4. The summed E-state index contributed by atoms with van der Waals surface area (Å²) in [5, 5.41) is 16.0. The van der Waals surface area contributed by atoms with Gasteiger partial charge in [-0.15, -0.1) is 21.5 Å². The van der Waals surface area contributed by atoms with Crippen LogP contribution < -0.4 is 16.4 Å². The van der Waals surface area contributed by atoms with Crippen LogP contribution in [0.1, 0.15) is 80.9 Å². The number of aliphatic imine (C=N–C) groups is 1. The predicted molar refractivity (Wildman–Crippen MR) is 187 cm³/mol. The Kier molecular flexibility index (Phi) is 11.1. The number of ether oxygens (including phenoxy) is 1. The van der Waals surface area contributed by atoms with Gasteiger partial charge in [0.1, 0.15) is 16.9 Å². The first-order valence-electron chi connectivity index (χ1n) is 15.5. The number of rotatable bonds is 10. The number of amides is 2. The molecule has 0 saturated carbocycles. The predicted octanol–water partition coefficient (Wildman–Crippen LogP) is 5.21. The maximum atomic E-state index is 13.3. The standard InChI is InChI=1S/C35H36ClN7O4S/c1-20-21(2)48-34-31(20)32(24-9-12-25(36)13-10-24)40-28(33-42-41-22(3)43(33)34)19-30(45)38-17-15-29(44)39-26-14-11-23(8-6-5-7-16-37)27(18-26)35(46)47-4/h9-14,18,28H,5,7,15-17,19,37H2,1-4H3,(H,38,45)(H,39,44)/t28-/m0/s1. The topological polar surface area (TPSA) is 154 Å². The highest BCUT2D eigenvalue weighted by Crippen LogP contribution is 2.39. The van der Waals surface area contributed by atoms with Crippen molar-refractivity contribution >= 4 is 52.1 Å². The summed E-state index contributed by atoms with van der Waals surface area (Å²) in [4.78, 5) is 44.7. The number of methoxy groups -OCH3 is 1. The molecule has 1 atom stereocenters. The summed E-state index contributed by atoms with van der Waals surface area (Å²) in [6.45, 7) is 6.64. The Morgan fingerprint density at radius 3 is 2.58 bits per heavy atom. The highest BCUT2D eigenvalue weighted by molar-refractivity contribution is 7.15. The number of aryl methyl sites for hydroxylation is 2. The van der Waals surface area contributed by atoms with E-state index >= 15 is 0 Å². The number of carbonyl (C=O) groups excluding carboxylic acids is 3. The fourth-order valence-corrected chi connectivity index (χ4v) is 6.62. The number of nitrogens with one attached hydrogen (secondary N) is 2. The lowest BCUT2D eigenvalue weighted by Crippen LogP contribution is -2.29. The van der Waals surface area contributed by atoms with Crippen LogP contribution in [0.4, 0.5) is 5.69 Å². The van der Waals surface area contributed by atoms with Gasteiger partial charge >= 0.3 is 5.97 Å². The van der Waals surface area contributed by atoms with Gasteiger partial charge in [0.25, 0.3) is 0 Å². The lowest BCUT2D eigenvalue weighted by Gasteiger charge is -2.13. The number of nitrogens with zero attached hydrogens (tertiary/aromatic N) is 4. The molecule has 1 aliphatic heterocycles. The quantitative estimate of drug-likeness (QED) is 0.118. The third-order valence-corrected chi connectivity index (χ3v) is 9.29. The van der Waals surface area contributed by atoms with E-state index in [0.717, 1.165) is 38.7 Å². The Morgan fingerprint density at radius 1 is 1.08 bits per heavy atom. The van der Waals surface area contributed by atoms with Gasteiger partial charge in [-0.25, -0.2) is 4.79 Å². The van der Waals surface area contributed by atoms with Gasteiger partial charge in [0, 0.05) is 51.7 Å².